The van der Waals surface area contributed by atoms with Crippen LogP contribution in [0.25, 0.3) is 0 Å². The van der Waals surface area contributed by atoms with E-state index in [9.17, 15) is 19.8 Å². The Bertz CT molecular complexity index is 579. The zero-order chi connectivity index (χ0) is 12.2. The highest BCUT2D eigenvalue weighted by Gasteiger charge is 2.61. The SMILES string of the molecule is O=C1NC(=O)[N+]2=C(O)C1C2c1ccccc1O. The molecule has 0 aromatic heterocycles. The first-order valence-electron chi connectivity index (χ1n) is 5.09. The number of phenolic OH excluding ortho intramolecular Hbond substituents is 1. The number of nitrogens with zero attached hydrogens (tertiary/aromatic N) is 1. The van der Waals surface area contributed by atoms with Gasteiger partial charge in [-0.3, -0.25) is 0 Å². The van der Waals surface area contributed by atoms with Crippen LogP contribution in [-0.4, -0.2) is 32.6 Å². The number of aromatic hydroxyl groups is 1. The molecule has 0 spiro atoms. The number of carbonyl (C=O) groups excluding carboxylic acids is 2. The van der Waals surface area contributed by atoms with Crippen LogP contribution in [0.5, 0.6) is 5.75 Å². The van der Waals surface area contributed by atoms with Crippen LogP contribution in [0.4, 0.5) is 4.79 Å². The third-order valence-electron chi connectivity index (χ3n) is 3.11. The molecule has 3 N–H and O–H groups in total. The molecule has 3 aliphatic rings. The first-order chi connectivity index (χ1) is 8.11. The molecule has 1 fully saturated rings. The molecule has 3 aliphatic heterocycles. The standard InChI is InChI=1S/C11H8N2O4/c14-6-4-2-1-3-5(6)8-7-9(15)12-11(17)13(8)10(7)16/h1-4,7-8H,(H2,12,14,15,17)/p+1. The summed E-state index contributed by atoms with van der Waals surface area (Å²) < 4.78 is 1.07. The predicted molar refractivity (Wildman–Crippen MR) is 55.8 cm³/mol. The predicted octanol–water partition coefficient (Wildman–Crippen LogP) is 0.282. The zero-order valence-corrected chi connectivity index (χ0v) is 8.62. The van der Waals surface area contributed by atoms with E-state index in [1.54, 1.807) is 18.2 Å². The fraction of sp³-hybridized carbons (Fsp3) is 0.182. The molecule has 2 unspecified atom stereocenters. The maximum atomic E-state index is 11.5. The minimum absolute atomic E-state index is 0.00231. The first-order valence-corrected chi connectivity index (χ1v) is 5.09. The monoisotopic (exact) mass is 233 g/mol. The van der Waals surface area contributed by atoms with Crippen LogP contribution in [0.2, 0.25) is 0 Å². The van der Waals surface area contributed by atoms with E-state index in [-0.39, 0.29) is 11.6 Å². The number of amides is 3. The van der Waals surface area contributed by atoms with Crippen molar-refractivity contribution >= 4 is 17.8 Å². The summed E-state index contributed by atoms with van der Waals surface area (Å²) in [5.41, 5.74) is 0.457. The maximum Gasteiger partial charge on any atom is 0.501 e. The van der Waals surface area contributed by atoms with Crippen LogP contribution in [0, 0.1) is 5.92 Å². The molecule has 1 aromatic carbocycles. The molecule has 86 valence electrons. The Hall–Kier alpha value is -2.37. The Morgan fingerprint density at radius 3 is 2.47 bits per heavy atom. The smallest absolute Gasteiger partial charge is 0.501 e. The van der Waals surface area contributed by atoms with Crippen molar-refractivity contribution < 1.29 is 24.4 Å². The number of fused-ring (bicyclic) bond motifs is 2. The second-order valence-electron chi connectivity index (χ2n) is 4.00. The quantitative estimate of drug-likeness (QED) is 0.608. The number of para-hydroxylation sites is 1. The minimum atomic E-state index is -0.791. The average Bonchev–Trinajstić information content (AvgIpc) is 2.26. The van der Waals surface area contributed by atoms with Gasteiger partial charge in [-0.1, -0.05) is 18.2 Å². The van der Waals surface area contributed by atoms with Crippen LogP contribution >= 0.6 is 0 Å². The molecule has 17 heavy (non-hydrogen) atoms. The summed E-state index contributed by atoms with van der Waals surface area (Å²) in [7, 11) is 0. The van der Waals surface area contributed by atoms with Gasteiger partial charge in [-0.25, -0.2) is 4.79 Å². The number of rotatable bonds is 1. The Morgan fingerprint density at radius 1 is 1.18 bits per heavy atom. The molecule has 0 saturated carbocycles. The van der Waals surface area contributed by atoms with Gasteiger partial charge in [-0.15, -0.1) is 0 Å². The number of hydrogen-bond donors (Lipinski definition) is 3. The van der Waals surface area contributed by atoms with E-state index in [0.717, 1.165) is 4.58 Å². The average molecular weight is 233 g/mol. The zero-order valence-electron chi connectivity index (χ0n) is 8.62. The van der Waals surface area contributed by atoms with E-state index in [4.69, 9.17) is 0 Å². The lowest BCUT2D eigenvalue weighted by Gasteiger charge is -2.35. The summed E-state index contributed by atoms with van der Waals surface area (Å²) in [6, 6.07) is 5.17. The molecule has 3 heterocycles. The Balaban J connectivity index is 2.12. The van der Waals surface area contributed by atoms with Gasteiger partial charge < -0.3 is 10.2 Å². The van der Waals surface area contributed by atoms with Crippen molar-refractivity contribution in [1.82, 2.24) is 5.32 Å². The first kappa shape index (κ1) is 9.83. The van der Waals surface area contributed by atoms with Crippen LogP contribution in [0.15, 0.2) is 24.3 Å². The lowest BCUT2D eigenvalue weighted by Crippen LogP contribution is -2.65. The van der Waals surface area contributed by atoms with E-state index >= 15 is 0 Å². The third-order valence-corrected chi connectivity index (χ3v) is 3.11. The van der Waals surface area contributed by atoms with E-state index in [0.29, 0.717) is 5.56 Å². The summed E-state index contributed by atoms with van der Waals surface area (Å²) >= 11 is 0. The van der Waals surface area contributed by atoms with Crippen molar-refractivity contribution in [1.29, 1.82) is 0 Å². The minimum Gasteiger partial charge on any atom is -0.508 e. The molecule has 1 aromatic rings. The number of hydrogen-bond acceptors (Lipinski definition) is 3. The fourth-order valence-corrected chi connectivity index (χ4v) is 2.29. The van der Waals surface area contributed by atoms with Crippen LogP contribution in [0.1, 0.15) is 11.6 Å². The Labute approximate surface area is 95.8 Å². The number of nitrogens with one attached hydrogen (secondary N) is 1. The molecule has 0 radical (unpaired) electrons. The van der Waals surface area contributed by atoms with Crippen LogP contribution in [0.3, 0.4) is 0 Å². The lowest BCUT2D eigenvalue weighted by molar-refractivity contribution is -0.534. The second-order valence-corrected chi connectivity index (χ2v) is 4.00. The second kappa shape index (κ2) is 3.07. The van der Waals surface area contributed by atoms with Gasteiger partial charge in [0, 0.05) is 5.56 Å². The van der Waals surface area contributed by atoms with Gasteiger partial charge >= 0.3 is 11.9 Å². The maximum absolute atomic E-state index is 11.5. The van der Waals surface area contributed by atoms with Gasteiger partial charge in [0.25, 0.3) is 5.90 Å². The van der Waals surface area contributed by atoms with E-state index in [1.807, 2.05) is 0 Å². The van der Waals surface area contributed by atoms with Gasteiger partial charge in [-0.05, 0) is 6.07 Å². The van der Waals surface area contributed by atoms with E-state index in [1.165, 1.54) is 6.07 Å². The van der Waals surface area contributed by atoms with Gasteiger partial charge in [0.2, 0.25) is 5.92 Å². The number of imide groups is 1. The van der Waals surface area contributed by atoms with Crippen LogP contribution < -0.4 is 5.32 Å². The molecule has 1 saturated heterocycles. The summed E-state index contributed by atoms with van der Waals surface area (Å²) in [4.78, 5) is 23.0. The Kier molecular flexibility index (Phi) is 1.77. The van der Waals surface area contributed by atoms with Crippen molar-refractivity contribution in [3.8, 4) is 5.75 Å². The number of aliphatic hydroxyl groups excluding tert-OH is 1. The van der Waals surface area contributed by atoms with Gasteiger partial charge in [0.05, 0.1) is 0 Å². The number of aliphatic hydroxyl groups is 1. The summed E-state index contributed by atoms with van der Waals surface area (Å²) in [6.45, 7) is 0. The highest BCUT2D eigenvalue weighted by molar-refractivity contribution is 6.11. The summed E-state index contributed by atoms with van der Waals surface area (Å²) in [6.07, 6.45) is 0. The number of benzene rings is 1. The molecule has 3 amide bonds. The molecule has 6 nitrogen and oxygen atoms in total. The third kappa shape index (κ3) is 1.12. The molecule has 0 aliphatic carbocycles. The normalized spacial score (nSPS) is 26.6. The summed E-state index contributed by atoms with van der Waals surface area (Å²) in [5, 5.41) is 21.4. The van der Waals surface area contributed by atoms with Crippen molar-refractivity contribution in [3.63, 3.8) is 0 Å². The largest absolute Gasteiger partial charge is 0.508 e. The van der Waals surface area contributed by atoms with Crippen LogP contribution in [-0.2, 0) is 4.79 Å². The molecule has 4 rings (SSSR count). The molecule has 6 heteroatoms. The molecular weight excluding hydrogens is 224 g/mol. The van der Waals surface area contributed by atoms with Crippen molar-refractivity contribution in [2.24, 2.45) is 5.92 Å². The molecule has 2 bridgehead atoms. The number of urea groups is 1. The van der Waals surface area contributed by atoms with E-state index < -0.39 is 23.9 Å². The highest BCUT2D eigenvalue weighted by Crippen LogP contribution is 2.40. The number of phenols is 1. The summed E-state index contributed by atoms with van der Waals surface area (Å²) in [5.74, 6) is -1.58. The number of carbonyl (C=O) groups is 2. The van der Waals surface area contributed by atoms with Crippen molar-refractivity contribution in [2.75, 3.05) is 0 Å². The molecule has 2 atom stereocenters. The fourth-order valence-electron chi connectivity index (χ4n) is 2.29. The van der Waals surface area contributed by atoms with Crippen molar-refractivity contribution in [2.45, 2.75) is 6.04 Å². The van der Waals surface area contributed by atoms with Gasteiger partial charge in [-0.2, -0.15) is 14.7 Å². The lowest BCUT2D eigenvalue weighted by atomic mass is 9.83. The topological polar surface area (TPSA) is 89.6 Å². The van der Waals surface area contributed by atoms with Gasteiger partial charge in [0.1, 0.15) is 5.75 Å². The van der Waals surface area contributed by atoms with Gasteiger partial charge in [0.15, 0.2) is 6.04 Å². The highest BCUT2D eigenvalue weighted by atomic mass is 16.3. The molecular formula is C11H9N2O4+. The Morgan fingerprint density at radius 2 is 1.88 bits per heavy atom. The van der Waals surface area contributed by atoms with E-state index in [2.05, 4.69) is 5.32 Å². The van der Waals surface area contributed by atoms with Crippen molar-refractivity contribution in [3.05, 3.63) is 29.8 Å².